The van der Waals surface area contributed by atoms with Crippen molar-refractivity contribution in [3.63, 3.8) is 0 Å². The average Bonchev–Trinajstić information content (AvgIpc) is 2.91. The largest absolute Gasteiger partial charge is 0.463 e. The Hall–Kier alpha value is -1.40. The molecule has 0 saturated heterocycles. The highest BCUT2D eigenvalue weighted by Gasteiger charge is 2.34. The van der Waals surface area contributed by atoms with Crippen molar-refractivity contribution < 1.29 is 28.5 Å². The molecule has 0 N–H and O–H groups in total. The predicted molar refractivity (Wildman–Crippen MR) is 140 cm³/mol. The normalized spacial score (nSPS) is 30.9. The highest BCUT2D eigenvalue weighted by molar-refractivity contribution is 5.81. The van der Waals surface area contributed by atoms with E-state index in [1.54, 1.807) is 0 Å². The molecule has 3 aliphatic carbocycles. The summed E-state index contributed by atoms with van der Waals surface area (Å²) in [5, 5.41) is 0. The summed E-state index contributed by atoms with van der Waals surface area (Å²) in [5.41, 5.74) is 0. The van der Waals surface area contributed by atoms with Crippen molar-refractivity contribution in [3.8, 4) is 0 Å². The second-order valence-electron chi connectivity index (χ2n) is 11.3. The van der Waals surface area contributed by atoms with Gasteiger partial charge in [-0.15, -0.1) is 0 Å². The third-order valence-electron chi connectivity index (χ3n) is 8.75. The molecule has 3 rings (SSSR count). The summed E-state index contributed by atoms with van der Waals surface area (Å²) in [4.78, 5) is 23.7. The Labute approximate surface area is 218 Å². The van der Waals surface area contributed by atoms with E-state index in [4.69, 9.17) is 18.9 Å². The summed E-state index contributed by atoms with van der Waals surface area (Å²) in [6.07, 6.45) is 19.5. The molecule has 3 aliphatic rings. The molecule has 3 saturated carbocycles. The predicted octanol–water partition coefficient (Wildman–Crippen LogP) is 6.75. The molecule has 0 aromatic heterocycles. The second kappa shape index (κ2) is 16.4. The molecule has 0 spiro atoms. The molecule has 0 aliphatic heterocycles. The van der Waals surface area contributed by atoms with Gasteiger partial charge in [0.05, 0.1) is 18.6 Å². The van der Waals surface area contributed by atoms with Gasteiger partial charge in [0.1, 0.15) is 12.9 Å². The maximum absolute atomic E-state index is 12.8. The SMILES string of the molecule is C=CC(=O)OCCCCOCOC1CCC(C(=O)OC2CCC(C3CCC(CCC)CC3)CC2)CC1. The van der Waals surface area contributed by atoms with Gasteiger partial charge in [0.15, 0.2) is 0 Å². The summed E-state index contributed by atoms with van der Waals surface area (Å²) in [5.74, 6) is 2.40. The lowest BCUT2D eigenvalue weighted by atomic mass is 9.70. The van der Waals surface area contributed by atoms with Crippen molar-refractivity contribution >= 4 is 11.9 Å². The highest BCUT2D eigenvalue weighted by Crippen LogP contribution is 2.41. The number of ether oxygens (including phenoxy) is 4. The molecule has 0 amide bonds. The van der Waals surface area contributed by atoms with E-state index in [9.17, 15) is 9.59 Å². The Balaban J connectivity index is 1.20. The van der Waals surface area contributed by atoms with Gasteiger partial charge in [-0.3, -0.25) is 4.79 Å². The third kappa shape index (κ3) is 10.2. The molecule has 206 valence electrons. The fourth-order valence-corrected chi connectivity index (χ4v) is 6.50. The minimum absolute atomic E-state index is 0.0189. The van der Waals surface area contributed by atoms with Crippen LogP contribution in [0.25, 0.3) is 0 Å². The third-order valence-corrected chi connectivity index (χ3v) is 8.75. The van der Waals surface area contributed by atoms with Crippen molar-refractivity contribution in [2.45, 2.75) is 122 Å². The molecule has 0 atom stereocenters. The lowest BCUT2D eigenvalue weighted by Crippen LogP contribution is -2.33. The average molecular weight is 507 g/mol. The second-order valence-corrected chi connectivity index (χ2v) is 11.3. The van der Waals surface area contributed by atoms with Crippen LogP contribution in [0.4, 0.5) is 0 Å². The first kappa shape index (κ1) is 29.2. The molecule has 0 aromatic carbocycles. The Kier molecular flexibility index (Phi) is 13.3. The Morgan fingerprint density at radius 1 is 0.806 bits per heavy atom. The minimum Gasteiger partial charge on any atom is -0.463 e. The molecule has 0 heterocycles. The van der Waals surface area contributed by atoms with Crippen LogP contribution in [0.2, 0.25) is 0 Å². The van der Waals surface area contributed by atoms with E-state index in [2.05, 4.69) is 13.5 Å². The van der Waals surface area contributed by atoms with Crippen LogP contribution >= 0.6 is 0 Å². The topological polar surface area (TPSA) is 71.1 Å². The van der Waals surface area contributed by atoms with Crippen LogP contribution in [0.1, 0.15) is 110 Å². The first-order valence-electron chi connectivity index (χ1n) is 14.8. The number of unbranched alkanes of at least 4 members (excludes halogenated alkanes) is 1. The molecule has 0 bridgehead atoms. The van der Waals surface area contributed by atoms with Crippen molar-refractivity contribution in [1.82, 2.24) is 0 Å². The molecular formula is C30H50O6. The van der Waals surface area contributed by atoms with Crippen LogP contribution in [0, 0.1) is 23.7 Å². The zero-order chi connectivity index (χ0) is 25.6. The summed E-state index contributed by atoms with van der Waals surface area (Å²) < 4.78 is 22.3. The summed E-state index contributed by atoms with van der Waals surface area (Å²) in [6, 6.07) is 0. The fraction of sp³-hybridized carbons (Fsp3) is 0.867. The molecule has 6 nitrogen and oxygen atoms in total. The molecular weight excluding hydrogens is 456 g/mol. The minimum atomic E-state index is -0.388. The smallest absolute Gasteiger partial charge is 0.330 e. The van der Waals surface area contributed by atoms with Gasteiger partial charge in [-0.25, -0.2) is 4.79 Å². The monoisotopic (exact) mass is 506 g/mol. The van der Waals surface area contributed by atoms with E-state index in [1.807, 2.05) is 0 Å². The molecule has 0 unspecified atom stereocenters. The fourth-order valence-electron chi connectivity index (χ4n) is 6.50. The van der Waals surface area contributed by atoms with Crippen molar-refractivity contribution in [2.24, 2.45) is 23.7 Å². The first-order valence-corrected chi connectivity index (χ1v) is 14.8. The van der Waals surface area contributed by atoms with Crippen molar-refractivity contribution in [1.29, 1.82) is 0 Å². The van der Waals surface area contributed by atoms with Gasteiger partial charge in [0, 0.05) is 12.7 Å². The van der Waals surface area contributed by atoms with Gasteiger partial charge < -0.3 is 18.9 Å². The summed E-state index contributed by atoms with van der Waals surface area (Å²) in [6.45, 7) is 6.91. The van der Waals surface area contributed by atoms with Crippen LogP contribution in [-0.2, 0) is 28.5 Å². The number of esters is 2. The molecule has 6 heteroatoms. The maximum Gasteiger partial charge on any atom is 0.330 e. The van der Waals surface area contributed by atoms with Gasteiger partial charge in [-0.2, -0.15) is 0 Å². The van der Waals surface area contributed by atoms with E-state index < -0.39 is 0 Å². The van der Waals surface area contributed by atoms with E-state index in [-0.39, 0.29) is 36.9 Å². The molecule has 0 aromatic rings. The van der Waals surface area contributed by atoms with Gasteiger partial charge in [-0.05, 0) is 94.8 Å². The molecule has 3 fully saturated rings. The highest BCUT2D eigenvalue weighted by atomic mass is 16.7. The zero-order valence-electron chi connectivity index (χ0n) is 22.6. The summed E-state index contributed by atoms with van der Waals surface area (Å²) >= 11 is 0. The van der Waals surface area contributed by atoms with Gasteiger partial charge in [0.25, 0.3) is 0 Å². The quantitative estimate of drug-likeness (QED) is 0.112. The standard InChI is InChI=1S/C30H50O6/c1-3-7-23-8-10-24(11-9-23)25-12-18-28(19-13-25)36-30(32)26-14-16-27(17-15-26)35-22-33-20-5-6-21-34-29(31)4-2/h4,23-28H,2-3,5-22H2,1H3. The summed E-state index contributed by atoms with van der Waals surface area (Å²) in [7, 11) is 0. The van der Waals surface area contributed by atoms with E-state index in [0.717, 1.165) is 69.1 Å². The van der Waals surface area contributed by atoms with Crippen LogP contribution in [0.15, 0.2) is 12.7 Å². The van der Waals surface area contributed by atoms with Crippen LogP contribution in [0.5, 0.6) is 0 Å². The Bertz CT molecular complexity index is 640. The van der Waals surface area contributed by atoms with Crippen LogP contribution in [-0.4, -0.2) is 44.2 Å². The number of rotatable bonds is 14. The molecule has 36 heavy (non-hydrogen) atoms. The Morgan fingerprint density at radius 2 is 1.42 bits per heavy atom. The lowest BCUT2D eigenvalue weighted by Gasteiger charge is -2.38. The van der Waals surface area contributed by atoms with Crippen molar-refractivity contribution in [3.05, 3.63) is 12.7 Å². The first-order chi connectivity index (χ1) is 17.6. The van der Waals surface area contributed by atoms with E-state index in [1.165, 1.54) is 57.4 Å². The number of carbonyl (C=O) groups is 2. The number of carbonyl (C=O) groups excluding carboxylic acids is 2. The van der Waals surface area contributed by atoms with Crippen molar-refractivity contribution in [2.75, 3.05) is 20.0 Å². The Morgan fingerprint density at radius 3 is 2.06 bits per heavy atom. The van der Waals surface area contributed by atoms with E-state index in [0.29, 0.717) is 13.2 Å². The van der Waals surface area contributed by atoms with Gasteiger partial charge in [-0.1, -0.05) is 39.2 Å². The maximum atomic E-state index is 12.8. The molecule has 0 radical (unpaired) electrons. The zero-order valence-corrected chi connectivity index (χ0v) is 22.6. The van der Waals surface area contributed by atoms with E-state index >= 15 is 0 Å². The lowest BCUT2D eigenvalue weighted by molar-refractivity contribution is -0.159. The number of hydrogen-bond acceptors (Lipinski definition) is 6. The van der Waals surface area contributed by atoms with Gasteiger partial charge in [0.2, 0.25) is 0 Å². The van der Waals surface area contributed by atoms with Gasteiger partial charge >= 0.3 is 11.9 Å². The van der Waals surface area contributed by atoms with Crippen LogP contribution in [0.3, 0.4) is 0 Å². The number of hydrogen-bond donors (Lipinski definition) is 0. The van der Waals surface area contributed by atoms with Crippen LogP contribution < -0.4 is 0 Å².